The molecule has 2 amide bonds. The van der Waals surface area contributed by atoms with Gasteiger partial charge in [-0.25, -0.2) is 0 Å². The summed E-state index contributed by atoms with van der Waals surface area (Å²) < 4.78 is 39.5. The van der Waals surface area contributed by atoms with Crippen LogP contribution in [-0.4, -0.2) is 23.1 Å². The van der Waals surface area contributed by atoms with E-state index >= 15 is 0 Å². The van der Waals surface area contributed by atoms with Gasteiger partial charge in [0.2, 0.25) is 0 Å². The molecule has 2 rings (SSSR count). The van der Waals surface area contributed by atoms with Crippen molar-refractivity contribution in [1.29, 1.82) is 0 Å². The Morgan fingerprint density at radius 3 is 2.00 bits per heavy atom. The zero-order chi connectivity index (χ0) is 14.0. The van der Waals surface area contributed by atoms with E-state index < -0.39 is 18.2 Å². The van der Waals surface area contributed by atoms with Crippen LogP contribution < -0.4 is 4.74 Å². The van der Waals surface area contributed by atoms with Gasteiger partial charge in [0.05, 0.1) is 6.54 Å². The van der Waals surface area contributed by atoms with Gasteiger partial charge in [-0.05, 0) is 17.7 Å². The Labute approximate surface area is 106 Å². The number of benzene rings is 1. The quantitative estimate of drug-likeness (QED) is 0.790. The summed E-state index contributed by atoms with van der Waals surface area (Å²) in [4.78, 5) is 23.6. The Balaban J connectivity index is 2.03. The Hall–Kier alpha value is -2.31. The summed E-state index contributed by atoms with van der Waals surface area (Å²) >= 11 is 0. The van der Waals surface area contributed by atoms with Crippen molar-refractivity contribution >= 4 is 11.8 Å². The lowest BCUT2D eigenvalue weighted by Gasteiger charge is -2.14. The standard InChI is InChI=1S/C12H8F3NO3/c13-12(14,15)19-9-3-1-8(2-4-9)7-16-10(17)5-6-11(16)18/h1-6H,7H2. The number of hydrogen-bond acceptors (Lipinski definition) is 3. The third kappa shape index (κ3) is 3.34. The maximum atomic E-state index is 11.9. The number of carbonyl (C=O) groups excluding carboxylic acids is 2. The highest BCUT2D eigenvalue weighted by atomic mass is 19.4. The van der Waals surface area contributed by atoms with Crippen molar-refractivity contribution in [2.75, 3.05) is 0 Å². The SMILES string of the molecule is O=C1C=CC(=O)N1Cc1ccc(OC(F)(F)F)cc1. The van der Waals surface area contributed by atoms with E-state index in [1.54, 1.807) is 0 Å². The van der Waals surface area contributed by atoms with Crippen LogP contribution in [-0.2, 0) is 16.1 Å². The molecule has 0 saturated heterocycles. The van der Waals surface area contributed by atoms with Crippen LogP contribution in [0.15, 0.2) is 36.4 Å². The highest BCUT2D eigenvalue weighted by Crippen LogP contribution is 2.23. The predicted molar refractivity (Wildman–Crippen MR) is 57.8 cm³/mol. The number of nitrogens with zero attached hydrogens (tertiary/aromatic N) is 1. The number of halogens is 3. The van der Waals surface area contributed by atoms with Crippen molar-refractivity contribution in [3.05, 3.63) is 42.0 Å². The van der Waals surface area contributed by atoms with Crippen molar-refractivity contribution in [2.45, 2.75) is 12.9 Å². The predicted octanol–water partition coefficient (Wildman–Crippen LogP) is 2.01. The fourth-order valence-corrected chi connectivity index (χ4v) is 1.57. The monoisotopic (exact) mass is 271 g/mol. The van der Waals surface area contributed by atoms with E-state index in [1.165, 1.54) is 12.1 Å². The number of ether oxygens (including phenoxy) is 1. The molecule has 19 heavy (non-hydrogen) atoms. The fraction of sp³-hybridized carbons (Fsp3) is 0.167. The molecular weight excluding hydrogens is 263 g/mol. The molecule has 7 heteroatoms. The van der Waals surface area contributed by atoms with Crippen LogP contribution in [0.1, 0.15) is 5.56 Å². The van der Waals surface area contributed by atoms with Crippen molar-refractivity contribution in [3.63, 3.8) is 0 Å². The van der Waals surface area contributed by atoms with E-state index in [1.807, 2.05) is 0 Å². The van der Waals surface area contributed by atoms with Crippen molar-refractivity contribution in [1.82, 2.24) is 4.90 Å². The minimum absolute atomic E-state index is 0.0109. The summed E-state index contributed by atoms with van der Waals surface area (Å²) in [6.07, 6.45) is -2.46. The second kappa shape index (κ2) is 4.75. The van der Waals surface area contributed by atoms with Gasteiger partial charge in [0, 0.05) is 12.2 Å². The van der Waals surface area contributed by atoms with Crippen LogP contribution in [0.25, 0.3) is 0 Å². The summed E-state index contributed by atoms with van der Waals surface area (Å²) in [5.74, 6) is -1.24. The minimum atomic E-state index is -4.74. The third-order valence-electron chi connectivity index (χ3n) is 2.40. The van der Waals surface area contributed by atoms with Crippen molar-refractivity contribution in [2.24, 2.45) is 0 Å². The van der Waals surface area contributed by atoms with Crippen LogP contribution in [0.4, 0.5) is 13.2 Å². The molecular formula is C12H8F3NO3. The first-order chi connectivity index (χ1) is 8.85. The molecule has 0 N–H and O–H groups in total. The zero-order valence-corrected chi connectivity index (χ0v) is 9.48. The van der Waals surface area contributed by atoms with Gasteiger partial charge in [-0.2, -0.15) is 0 Å². The molecule has 0 spiro atoms. The second-order valence-corrected chi connectivity index (χ2v) is 3.79. The summed E-state index contributed by atoms with van der Waals surface area (Å²) in [5.41, 5.74) is 0.528. The van der Waals surface area contributed by atoms with Crippen molar-refractivity contribution < 1.29 is 27.5 Å². The van der Waals surface area contributed by atoms with Gasteiger partial charge in [0.1, 0.15) is 5.75 Å². The molecule has 4 nitrogen and oxygen atoms in total. The number of carbonyl (C=O) groups is 2. The van der Waals surface area contributed by atoms with Crippen LogP contribution in [0.2, 0.25) is 0 Å². The number of amides is 2. The van der Waals surface area contributed by atoms with Gasteiger partial charge in [-0.3, -0.25) is 14.5 Å². The molecule has 0 atom stereocenters. The van der Waals surface area contributed by atoms with Crippen LogP contribution in [0.5, 0.6) is 5.75 Å². The lowest BCUT2D eigenvalue weighted by Crippen LogP contribution is -2.29. The number of rotatable bonds is 3. The number of alkyl halides is 3. The van der Waals surface area contributed by atoms with Crippen LogP contribution >= 0.6 is 0 Å². The fourth-order valence-electron chi connectivity index (χ4n) is 1.57. The molecule has 0 fully saturated rings. The normalized spacial score (nSPS) is 15.2. The van der Waals surface area contributed by atoms with Gasteiger partial charge in [0.25, 0.3) is 11.8 Å². The molecule has 0 bridgehead atoms. The smallest absolute Gasteiger partial charge is 0.406 e. The molecule has 0 radical (unpaired) electrons. The highest BCUT2D eigenvalue weighted by molar-refractivity contribution is 6.12. The first-order valence-corrected chi connectivity index (χ1v) is 5.23. The Morgan fingerprint density at radius 1 is 1.00 bits per heavy atom. The van der Waals surface area contributed by atoms with Gasteiger partial charge in [0.15, 0.2) is 0 Å². The average Bonchev–Trinajstić information content (AvgIpc) is 2.61. The largest absolute Gasteiger partial charge is 0.573 e. The maximum absolute atomic E-state index is 11.9. The summed E-state index contributed by atoms with van der Waals surface area (Å²) in [7, 11) is 0. The number of imide groups is 1. The average molecular weight is 271 g/mol. The van der Waals surface area contributed by atoms with Crippen LogP contribution in [0, 0.1) is 0 Å². The third-order valence-corrected chi connectivity index (χ3v) is 2.40. The van der Waals surface area contributed by atoms with Gasteiger partial charge in [-0.15, -0.1) is 13.2 Å². The molecule has 100 valence electrons. The lowest BCUT2D eigenvalue weighted by molar-refractivity contribution is -0.274. The molecule has 0 saturated carbocycles. The first-order valence-electron chi connectivity index (χ1n) is 5.23. The molecule has 1 aromatic rings. The van der Waals surface area contributed by atoms with E-state index in [9.17, 15) is 22.8 Å². The summed E-state index contributed by atoms with van der Waals surface area (Å²) in [6.45, 7) is 0.0109. The molecule has 0 aliphatic carbocycles. The van der Waals surface area contributed by atoms with Gasteiger partial charge < -0.3 is 4.74 Å². The molecule has 0 aromatic heterocycles. The molecule has 1 aliphatic rings. The number of hydrogen-bond donors (Lipinski definition) is 0. The van der Waals surface area contributed by atoms with Crippen LogP contribution in [0.3, 0.4) is 0 Å². The van der Waals surface area contributed by atoms with E-state index in [0.29, 0.717) is 5.56 Å². The zero-order valence-electron chi connectivity index (χ0n) is 9.48. The molecule has 1 heterocycles. The van der Waals surface area contributed by atoms with E-state index in [4.69, 9.17) is 0 Å². The van der Waals surface area contributed by atoms with E-state index in [0.717, 1.165) is 29.2 Å². The lowest BCUT2D eigenvalue weighted by atomic mass is 10.2. The van der Waals surface area contributed by atoms with Crippen molar-refractivity contribution in [3.8, 4) is 5.75 Å². The summed E-state index contributed by atoms with van der Waals surface area (Å²) in [6, 6.07) is 4.97. The first kappa shape index (κ1) is 13.1. The minimum Gasteiger partial charge on any atom is -0.406 e. The highest BCUT2D eigenvalue weighted by Gasteiger charge is 2.31. The van der Waals surface area contributed by atoms with E-state index in [2.05, 4.69) is 4.74 Å². The molecule has 0 unspecified atom stereocenters. The topological polar surface area (TPSA) is 46.6 Å². The maximum Gasteiger partial charge on any atom is 0.573 e. The Bertz CT molecular complexity index is 516. The van der Waals surface area contributed by atoms with Gasteiger partial charge in [-0.1, -0.05) is 12.1 Å². The second-order valence-electron chi connectivity index (χ2n) is 3.79. The molecule has 1 aromatic carbocycles. The summed E-state index contributed by atoms with van der Waals surface area (Å²) in [5, 5.41) is 0. The molecule has 1 aliphatic heterocycles. The Kier molecular flexibility index (Phi) is 3.28. The van der Waals surface area contributed by atoms with E-state index in [-0.39, 0.29) is 12.3 Å². The Morgan fingerprint density at radius 2 is 1.53 bits per heavy atom. The van der Waals surface area contributed by atoms with Gasteiger partial charge >= 0.3 is 6.36 Å².